The van der Waals surface area contributed by atoms with Crippen molar-refractivity contribution in [2.75, 3.05) is 19.0 Å². The number of aliphatic hydroxyl groups excluding tert-OH is 1. The summed E-state index contributed by atoms with van der Waals surface area (Å²) in [5, 5.41) is 15.6. The summed E-state index contributed by atoms with van der Waals surface area (Å²) in [6.45, 7) is 0.390. The van der Waals surface area contributed by atoms with E-state index in [1.807, 2.05) is 48.5 Å². The van der Waals surface area contributed by atoms with E-state index >= 15 is 0 Å². The molecular weight excluding hydrogens is 344 g/mol. The maximum atomic E-state index is 12.3. The Morgan fingerprint density at radius 1 is 1.26 bits per heavy atom. The highest BCUT2D eigenvalue weighted by Crippen LogP contribution is 2.36. The van der Waals surface area contributed by atoms with E-state index in [0.29, 0.717) is 6.42 Å². The number of alkyl carbamates (subject to hydrolysis) is 1. The van der Waals surface area contributed by atoms with E-state index in [1.54, 1.807) is 7.11 Å². The Bertz CT molecular complexity index is 751. The number of amides is 1. The highest BCUT2D eigenvalue weighted by molar-refractivity contribution is 5.69. The third-order valence-electron chi connectivity index (χ3n) is 4.73. The molecule has 27 heavy (non-hydrogen) atoms. The number of benzene rings is 2. The Hall–Kier alpha value is -2.73. The van der Waals surface area contributed by atoms with Crippen molar-refractivity contribution in [1.82, 2.24) is 5.32 Å². The number of methoxy groups -OCH3 is 1. The molecule has 6 heteroatoms. The molecule has 1 aliphatic rings. The fourth-order valence-corrected chi connectivity index (χ4v) is 3.35. The number of carbonyl (C=O) groups is 1. The molecule has 0 fully saturated rings. The molecule has 3 N–H and O–H groups in total. The molecule has 0 spiro atoms. The summed E-state index contributed by atoms with van der Waals surface area (Å²) in [5.74, 6) is 0.744. The van der Waals surface area contributed by atoms with Gasteiger partial charge >= 0.3 is 6.09 Å². The van der Waals surface area contributed by atoms with Gasteiger partial charge in [-0.25, -0.2) is 4.79 Å². The lowest BCUT2D eigenvalue weighted by atomic mass is 9.90. The number of rotatable bonds is 7. The number of hydrogen-bond donors (Lipinski definition) is 3. The van der Waals surface area contributed by atoms with E-state index in [2.05, 4.69) is 10.6 Å². The summed E-state index contributed by atoms with van der Waals surface area (Å²) in [5.41, 5.74) is 2.89. The minimum atomic E-state index is -0.444. The van der Waals surface area contributed by atoms with Crippen LogP contribution in [0.1, 0.15) is 36.4 Å². The summed E-state index contributed by atoms with van der Waals surface area (Å²) in [6.07, 6.45) is 1.83. The Morgan fingerprint density at radius 3 is 2.81 bits per heavy atom. The topological polar surface area (TPSA) is 79.8 Å². The van der Waals surface area contributed by atoms with E-state index in [4.69, 9.17) is 14.6 Å². The number of aliphatic hydroxyl groups is 1. The zero-order valence-corrected chi connectivity index (χ0v) is 15.5. The first-order chi connectivity index (χ1) is 13.2. The van der Waals surface area contributed by atoms with Gasteiger partial charge in [0.25, 0.3) is 0 Å². The van der Waals surface area contributed by atoms with Crippen LogP contribution >= 0.6 is 0 Å². The molecule has 6 nitrogen and oxygen atoms in total. The van der Waals surface area contributed by atoms with Crippen molar-refractivity contribution in [3.8, 4) is 5.75 Å². The van der Waals surface area contributed by atoms with Crippen molar-refractivity contribution in [2.24, 2.45) is 0 Å². The highest BCUT2D eigenvalue weighted by Gasteiger charge is 2.28. The maximum Gasteiger partial charge on any atom is 0.407 e. The molecular formula is C21H26N2O4. The summed E-state index contributed by atoms with van der Waals surface area (Å²) in [4.78, 5) is 12.3. The van der Waals surface area contributed by atoms with Crippen molar-refractivity contribution >= 4 is 11.8 Å². The largest absolute Gasteiger partial charge is 0.497 e. The molecule has 0 unspecified atom stereocenters. The minimum Gasteiger partial charge on any atom is -0.497 e. The average Bonchev–Trinajstić information content (AvgIpc) is 2.71. The van der Waals surface area contributed by atoms with Gasteiger partial charge in [-0.05, 0) is 43.0 Å². The Morgan fingerprint density at radius 2 is 2.07 bits per heavy atom. The molecule has 0 bridgehead atoms. The van der Waals surface area contributed by atoms with Crippen LogP contribution in [0.4, 0.5) is 10.5 Å². The monoisotopic (exact) mass is 370 g/mol. The normalized spacial score (nSPS) is 18.1. The quantitative estimate of drug-likeness (QED) is 0.694. The Kier molecular flexibility index (Phi) is 6.54. The second-order valence-electron chi connectivity index (χ2n) is 6.65. The third-order valence-corrected chi connectivity index (χ3v) is 4.73. The molecule has 144 valence electrons. The first kappa shape index (κ1) is 19.0. The lowest BCUT2D eigenvalue weighted by Gasteiger charge is -2.33. The van der Waals surface area contributed by atoms with Gasteiger partial charge in [0.15, 0.2) is 0 Å². The van der Waals surface area contributed by atoms with Crippen LogP contribution in [0.25, 0.3) is 0 Å². The van der Waals surface area contributed by atoms with E-state index in [-0.39, 0.29) is 25.3 Å². The number of carbonyl (C=O) groups excluding carboxylic acids is 1. The molecule has 0 radical (unpaired) electrons. The minimum absolute atomic E-state index is 0.158. The second-order valence-corrected chi connectivity index (χ2v) is 6.65. The maximum absolute atomic E-state index is 12.3. The molecule has 2 aromatic rings. The summed E-state index contributed by atoms with van der Waals surface area (Å²) < 4.78 is 10.7. The van der Waals surface area contributed by atoms with Crippen LogP contribution in [0.2, 0.25) is 0 Å². The van der Waals surface area contributed by atoms with E-state index in [0.717, 1.165) is 35.4 Å². The SMILES string of the molecule is COc1ccc2c(c1)[C@@H](NC(=O)OCc1ccccc1)C[C@@H](CCCO)N2. The molecule has 0 aromatic heterocycles. The number of hydrogen-bond acceptors (Lipinski definition) is 5. The molecule has 1 heterocycles. The van der Waals surface area contributed by atoms with Gasteiger partial charge in [0.2, 0.25) is 0 Å². The molecule has 0 saturated carbocycles. The molecule has 3 rings (SSSR count). The molecule has 1 aliphatic heterocycles. The van der Waals surface area contributed by atoms with Gasteiger partial charge in [0.1, 0.15) is 12.4 Å². The van der Waals surface area contributed by atoms with Gasteiger partial charge in [-0.1, -0.05) is 30.3 Å². The number of nitrogens with one attached hydrogen (secondary N) is 2. The lowest BCUT2D eigenvalue weighted by molar-refractivity contribution is 0.134. The van der Waals surface area contributed by atoms with Gasteiger partial charge in [-0.3, -0.25) is 0 Å². The van der Waals surface area contributed by atoms with Crippen LogP contribution in [0.15, 0.2) is 48.5 Å². The summed E-state index contributed by atoms with van der Waals surface area (Å²) >= 11 is 0. The van der Waals surface area contributed by atoms with Crippen LogP contribution in [-0.2, 0) is 11.3 Å². The van der Waals surface area contributed by atoms with Crippen molar-refractivity contribution in [2.45, 2.75) is 38.0 Å². The van der Waals surface area contributed by atoms with Crippen LogP contribution in [0.3, 0.4) is 0 Å². The Labute approximate surface area is 159 Å². The molecule has 1 amide bonds. The smallest absolute Gasteiger partial charge is 0.407 e. The zero-order valence-electron chi connectivity index (χ0n) is 15.5. The number of ether oxygens (including phenoxy) is 2. The van der Waals surface area contributed by atoms with Crippen molar-refractivity contribution in [1.29, 1.82) is 0 Å². The Balaban J connectivity index is 1.68. The van der Waals surface area contributed by atoms with Gasteiger partial charge in [-0.15, -0.1) is 0 Å². The lowest BCUT2D eigenvalue weighted by Crippen LogP contribution is -2.37. The number of anilines is 1. The zero-order chi connectivity index (χ0) is 19.1. The fraction of sp³-hybridized carbons (Fsp3) is 0.381. The van der Waals surface area contributed by atoms with Crippen LogP contribution in [0, 0.1) is 0 Å². The fourth-order valence-electron chi connectivity index (χ4n) is 3.35. The first-order valence-corrected chi connectivity index (χ1v) is 9.22. The molecule has 2 aromatic carbocycles. The van der Waals surface area contributed by atoms with Crippen molar-refractivity contribution in [3.63, 3.8) is 0 Å². The van der Waals surface area contributed by atoms with Gasteiger partial charge in [0.05, 0.1) is 13.2 Å². The summed E-state index contributed by atoms with van der Waals surface area (Å²) in [6, 6.07) is 15.4. The predicted molar refractivity (Wildman–Crippen MR) is 104 cm³/mol. The summed E-state index contributed by atoms with van der Waals surface area (Å²) in [7, 11) is 1.62. The highest BCUT2D eigenvalue weighted by atomic mass is 16.5. The van der Waals surface area contributed by atoms with Gasteiger partial charge in [-0.2, -0.15) is 0 Å². The molecule has 0 saturated heterocycles. The van der Waals surface area contributed by atoms with E-state index < -0.39 is 6.09 Å². The van der Waals surface area contributed by atoms with Crippen LogP contribution in [-0.4, -0.2) is 31.0 Å². The van der Waals surface area contributed by atoms with Crippen LogP contribution < -0.4 is 15.4 Å². The molecule has 2 atom stereocenters. The third kappa shape index (κ3) is 5.14. The molecule has 0 aliphatic carbocycles. The number of fused-ring (bicyclic) bond motifs is 1. The van der Waals surface area contributed by atoms with Crippen LogP contribution in [0.5, 0.6) is 5.75 Å². The van der Waals surface area contributed by atoms with E-state index in [1.165, 1.54) is 0 Å². The first-order valence-electron chi connectivity index (χ1n) is 9.22. The van der Waals surface area contributed by atoms with Gasteiger partial charge in [0, 0.05) is 23.9 Å². The van der Waals surface area contributed by atoms with Crippen molar-refractivity contribution < 1.29 is 19.4 Å². The second kappa shape index (κ2) is 9.28. The standard InChI is InChI=1S/C21H26N2O4/c1-26-17-9-10-19-18(13-17)20(12-16(22-19)8-5-11-24)23-21(25)27-14-15-6-3-2-4-7-15/h2-4,6-7,9-10,13,16,20,22,24H,5,8,11-12,14H2,1H3,(H,23,25)/t16-,20+/m1/s1. The predicted octanol–water partition coefficient (Wildman–Crippen LogP) is 3.62. The van der Waals surface area contributed by atoms with E-state index in [9.17, 15) is 4.79 Å². The van der Waals surface area contributed by atoms with Crippen molar-refractivity contribution in [3.05, 3.63) is 59.7 Å². The average molecular weight is 370 g/mol. The van der Waals surface area contributed by atoms with Gasteiger partial charge < -0.3 is 25.2 Å².